The summed E-state index contributed by atoms with van der Waals surface area (Å²) in [6.45, 7) is 5.99. The van der Waals surface area contributed by atoms with Gasteiger partial charge in [0.25, 0.3) is 0 Å². The second-order valence-corrected chi connectivity index (χ2v) is 7.12. The van der Waals surface area contributed by atoms with Gasteiger partial charge in [-0.1, -0.05) is 13.8 Å². The number of hydrogen-bond acceptors (Lipinski definition) is 3. The second-order valence-electron chi connectivity index (χ2n) is 4.66. The van der Waals surface area contributed by atoms with Crippen molar-refractivity contribution in [1.29, 1.82) is 0 Å². The summed E-state index contributed by atoms with van der Waals surface area (Å²) in [5.41, 5.74) is 0.0832. The van der Waals surface area contributed by atoms with Crippen LogP contribution in [0.2, 0.25) is 0 Å². The standard InChI is InChI=1S/C12H18BrNO2S/c1-12(2,9-5-6-10(13)17-9)8-14-7-3-4-11(15)16/h5-6,14H,3-4,7-8H2,1-2H3,(H,15,16). The number of rotatable bonds is 7. The van der Waals surface area contributed by atoms with Crippen LogP contribution in [0.15, 0.2) is 15.9 Å². The van der Waals surface area contributed by atoms with E-state index in [1.54, 1.807) is 11.3 Å². The van der Waals surface area contributed by atoms with E-state index < -0.39 is 5.97 Å². The fraction of sp³-hybridized carbons (Fsp3) is 0.583. The first-order valence-electron chi connectivity index (χ1n) is 5.60. The molecule has 0 saturated carbocycles. The van der Waals surface area contributed by atoms with E-state index in [1.807, 2.05) is 0 Å². The average Bonchev–Trinajstić information content (AvgIpc) is 2.64. The Hall–Kier alpha value is -0.390. The third-order valence-corrected chi connectivity index (χ3v) is 4.54. The van der Waals surface area contributed by atoms with Crippen molar-refractivity contribution in [2.45, 2.75) is 32.1 Å². The average molecular weight is 320 g/mol. The largest absolute Gasteiger partial charge is 0.481 e. The lowest BCUT2D eigenvalue weighted by Crippen LogP contribution is -2.32. The molecule has 1 aromatic rings. The van der Waals surface area contributed by atoms with Gasteiger partial charge in [0.1, 0.15) is 0 Å². The molecule has 1 aromatic heterocycles. The number of carbonyl (C=O) groups is 1. The van der Waals surface area contributed by atoms with E-state index in [1.165, 1.54) is 4.88 Å². The molecule has 17 heavy (non-hydrogen) atoms. The van der Waals surface area contributed by atoms with E-state index in [4.69, 9.17) is 5.11 Å². The SMILES string of the molecule is CC(C)(CNCCCC(=O)O)c1ccc(Br)s1. The van der Waals surface area contributed by atoms with Crippen LogP contribution < -0.4 is 5.32 Å². The number of hydrogen-bond donors (Lipinski definition) is 2. The van der Waals surface area contributed by atoms with Crippen LogP contribution in [-0.2, 0) is 10.2 Å². The van der Waals surface area contributed by atoms with Gasteiger partial charge in [-0.2, -0.15) is 0 Å². The van der Waals surface area contributed by atoms with Crippen LogP contribution in [0.4, 0.5) is 0 Å². The van der Waals surface area contributed by atoms with Crippen molar-refractivity contribution in [3.05, 3.63) is 20.8 Å². The first-order valence-corrected chi connectivity index (χ1v) is 7.21. The maximum Gasteiger partial charge on any atom is 0.303 e. The summed E-state index contributed by atoms with van der Waals surface area (Å²) < 4.78 is 1.14. The van der Waals surface area contributed by atoms with Crippen molar-refractivity contribution in [2.24, 2.45) is 0 Å². The highest BCUT2D eigenvalue weighted by atomic mass is 79.9. The van der Waals surface area contributed by atoms with Gasteiger partial charge in [-0.05, 0) is 41.0 Å². The maximum atomic E-state index is 10.4. The van der Waals surface area contributed by atoms with E-state index in [9.17, 15) is 4.79 Å². The molecule has 3 nitrogen and oxygen atoms in total. The summed E-state index contributed by atoms with van der Waals surface area (Å²) in [5.74, 6) is -0.728. The second kappa shape index (κ2) is 6.52. The molecule has 0 radical (unpaired) electrons. The summed E-state index contributed by atoms with van der Waals surface area (Å²) in [6, 6.07) is 4.19. The molecule has 0 saturated heterocycles. The smallest absolute Gasteiger partial charge is 0.303 e. The van der Waals surface area contributed by atoms with Crippen molar-refractivity contribution >= 4 is 33.2 Å². The summed E-state index contributed by atoms with van der Waals surface area (Å²) in [5, 5.41) is 11.8. The Morgan fingerprint density at radius 3 is 2.76 bits per heavy atom. The number of carboxylic acid groups (broad SMARTS) is 1. The zero-order chi connectivity index (χ0) is 12.9. The fourth-order valence-electron chi connectivity index (χ4n) is 1.53. The number of thiophene rings is 1. The molecule has 2 N–H and O–H groups in total. The van der Waals surface area contributed by atoms with E-state index in [0.717, 1.165) is 16.9 Å². The maximum absolute atomic E-state index is 10.4. The molecule has 0 aliphatic rings. The van der Waals surface area contributed by atoms with Crippen LogP contribution in [0.1, 0.15) is 31.6 Å². The number of nitrogens with one attached hydrogen (secondary N) is 1. The minimum absolute atomic E-state index is 0.0832. The normalized spacial score (nSPS) is 11.7. The van der Waals surface area contributed by atoms with Gasteiger partial charge in [-0.3, -0.25) is 4.79 Å². The van der Waals surface area contributed by atoms with E-state index in [2.05, 4.69) is 47.2 Å². The molecular formula is C12H18BrNO2S. The molecule has 0 atom stereocenters. The van der Waals surface area contributed by atoms with Crippen molar-refractivity contribution in [3.8, 4) is 0 Å². The minimum Gasteiger partial charge on any atom is -0.481 e. The molecule has 0 unspecified atom stereocenters. The summed E-state index contributed by atoms with van der Waals surface area (Å²) >= 11 is 5.21. The van der Waals surface area contributed by atoms with Crippen molar-refractivity contribution < 1.29 is 9.90 Å². The third kappa shape index (κ3) is 5.19. The molecule has 0 bridgehead atoms. The van der Waals surface area contributed by atoms with E-state index >= 15 is 0 Å². The van der Waals surface area contributed by atoms with Crippen LogP contribution in [0.25, 0.3) is 0 Å². The van der Waals surface area contributed by atoms with Gasteiger partial charge in [-0.25, -0.2) is 0 Å². The molecular weight excluding hydrogens is 302 g/mol. The molecule has 1 heterocycles. The molecule has 0 amide bonds. The van der Waals surface area contributed by atoms with Crippen LogP contribution in [0, 0.1) is 0 Å². The monoisotopic (exact) mass is 319 g/mol. The van der Waals surface area contributed by atoms with E-state index in [-0.39, 0.29) is 11.8 Å². The Morgan fingerprint density at radius 1 is 1.53 bits per heavy atom. The highest BCUT2D eigenvalue weighted by Gasteiger charge is 2.21. The molecule has 0 fully saturated rings. The lowest BCUT2D eigenvalue weighted by molar-refractivity contribution is -0.137. The molecule has 5 heteroatoms. The quantitative estimate of drug-likeness (QED) is 0.758. The van der Waals surface area contributed by atoms with Crippen molar-refractivity contribution in [1.82, 2.24) is 5.32 Å². The van der Waals surface area contributed by atoms with Gasteiger partial charge in [0.15, 0.2) is 0 Å². The minimum atomic E-state index is -0.728. The molecule has 0 aliphatic carbocycles. The van der Waals surface area contributed by atoms with Crippen molar-refractivity contribution in [2.75, 3.05) is 13.1 Å². The highest BCUT2D eigenvalue weighted by Crippen LogP contribution is 2.32. The number of aliphatic carboxylic acids is 1. The Labute approximate surface area is 114 Å². The van der Waals surface area contributed by atoms with Gasteiger partial charge in [0.05, 0.1) is 3.79 Å². The highest BCUT2D eigenvalue weighted by molar-refractivity contribution is 9.11. The molecule has 0 aromatic carbocycles. The molecule has 96 valence electrons. The topological polar surface area (TPSA) is 49.3 Å². The summed E-state index contributed by atoms with van der Waals surface area (Å²) in [6.07, 6.45) is 0.914. The Balaban J connectivity index is 2.32. The molecule has 0 aliphatic heterocycles. The Morgan fingerprint density at radius 2 is 2.24 bits per heavy atom. The lowest BCUT2D eigenvalue weighted by atomic mass is 9.91. The first-order chi connectivity index (χ1) is 7.92. The summed E-state index contributed by atoms with van der Waals surface area (Å²) in [7, 11) is 0. The van der Waals surface area contributed by atoms with Gasteiger partial charge >= 0.3 is 5.97 Å². The van der Waals surface area contributed by atoms with Crippen LogP contribution in [0.3, 0.4) is 0 Å². The zero-order valence-electron chi connectivity index (χ0n) is 10.1. The zero-order valence-corrected chi connectivity index (χ0v) is 12.5. The lowest BCUT2D eigenvalue weighted by Gasteiger charge is -2.23. The predicted octanol–water partition coefficient (Wildman–Crippen LogP) is 3.24. The fourth-order valence-corrected chi connectivity index (χ4v) is 3.02. The summed E-state index contributed by atoms with van der Waals surface area (Å²) in [4.78, 5) is 11.7. The van der Waals surface area contributed by atoms with Crippen LogP contribution in [0.5, 0.6) is 0 Å². The molecule has 1 rings (SSSR count). The van der Waals surface area contributed by atoms with Crippen LogP contribution in [-0.4, -0.2) is 24.2 Å². The van der Waals surface area contributed by atoms with Gasteiger partial charge in [0.2, 0.25) is 0 Å². The third-order valence-electron chi connectivity index (χ3n) is 2.55. The van der Waals surface area contributed by atoms with Gasteiger partial charge in [-0.15, -0.1) is 11.3 Å². The molecule has 0 spiro atoms. The van der Waals surface area contributed by atoms with Crippen molar-refractivity contribution in [3.63, 3.8) is 0 Å². The Bertz CT molecular complexity index is 376. The Kier molecular flexibility index (Phi) is 5.62. The number of halogens is 1. The van der Waals surface area contributed by atoms with Crippen LogP contribution >= 0.6 is 27.3 Å². The first kappa shape index (κ1) is 14.7. The van der Waals surface area contributed by atoms with Gasteiger partial charge < -0.3 is 10.4 Å². The van der Waals surface area contributed by atoms with Gasteiger partial charge in [0, 0.05) is 23.3 Å². The number of carboxylic acids is 1. The predicted molar refractivity (Wildman–Crippen MR) is 74.8 cm³/mol. The van der Waals surface area contributed by atoms with E-state index in [0.29, 0.717) is 6.42 Å².